The quantitative estimate of drug-likeness (QED) is 0.850. The first kappa shape index (κ1) is 13.9. The molecule has 1 amide bonds. The van der Waals surface area contributed by atoms with Crippen LogP contribution < -0.4 is 10.6 Å². The van der Waals surface area contributed by atoms with E-state index in [1.165, 1.54) is 12.1 Å². The van der Waals surface area contributed by atoms with E-state index in [-0.39, 0.29) is 16.6 Å². The number of nitrogens with one attached hydrogen (secondary N) is 2. The lowest BCUT2D eigenvalue weighted by atomic mass is 10.2. The fraction of sp³-hybridized carbons (Fsp3) is 0.417. The fourth-order valence-corrected chi connectivity index (χ4v) is 1.59. The van der Waals surface area contributed by atoms with Gasteiger partial charge in [0.1, 0.15) is 5.82 Å². The van der Waals surface area contributed by atoms with Crippen LogP contribution in [-0.4, -0.2) is 25.0 Å². The van der Waals surface area contributed by atoms with Crippen molar-refractivity contribution in [2.75, 3.05) is 13.1 Å². The highest BCUT2D eigenvalue weighted by Crippen LogP contribution is 2.14. The van der Waals surface area contributed by atoms with Crippen LogP contribution in [0.2, 0.25) is 5.02 Å². The third-order valence-electron chi connectivity index (χ3n) is 2.30. The van der Waals surface area contributed by atoms with Gasteiger partial charge >= 0.3 is 0 Å². The molecule has 1 aromatic rings. The van der Waals surface area contributed by atoms with Gasteiger partial charge in [-0.3, -0.25) is 4.79 Å². The molecule has 1 aromatic carbocycles. The molecule has 2 N–H and O–H groups in total. The number of amides is 1. The largest absolute Gasteiger partial charge is 0.350 e. The van der Waals surface area contributed by atoms with Gasteiger partial charge in [0.2, 0.25) is 0 Å². The van der Waals surface area contributed by atoms with Crippen molar-refractivity contribution in [2.24, 2.45) is 0 Å². The van der Waals surface area contributed by atoms with E-state index in [4.69, 9.17) is 11.6 Å². The van der Waals surface area contributed by atoms with Gasteiger partial charge in [-0.05, 0) is 31.7 Å². The number of halogens is 2. The summed E-state index contributed by atoms with van der Waals surface area (Å²) in [5.74, 6) is -1.03. The normalized spacial score (nSPS) is 12.2. The average Bonchev–Trinajstić information content (AvgIpc) is 2.26. The Balaban J connectivity index is 2.58. The minimum absolute atomic E-state index is 0.0121. The van der Waals surface area contributed by atoms with Crippen LogP contribution >= 0.6 is 11.6 Å². The molecule has 94 valence electrons. The van der Waals surface area contributed by atoms with E-state index in [1.807, 2.05) is 13.8 Å². The van der Waals surface area contributed by atoms with Crippen molar-refractivity contribution in [3.8, 4) is 0 Å². The first-order chi connectivity index (χ1) is 8.04. The monoisotopic (exact) mass is 258 g/mol. The molecule has 0 aliphatic carbocycles. The van der Waals surface area contributed by atoms with Crippen LogP contribution in [0.25, 0.3) is 0 Å². The molecule has 17 heavy (non-hydrogen) atoms. The van der Waals surface area contributed by atoms with Gasteiger partial charge in [0.15, 0.2) is 0 Å². The molecule has 0 radical (unpaired) electrons. The highest BCUT2D eigenvalue weighted by molar-refractivity contribution is 6.30. The Morgan fingerprint density at radius 1 is 1.53 bits per heavy atom. The van der Waals surface area contributed by atoms with E-state index < -0.39 is 11.7 Å². The van der Waals surface area contributed by atoms with Gasteiger partial charge in [0.05, 0.1) is 5.56 Å². The standard InChI is InChI=1S/C12H16ClFN2O/c1-3-15-8(2)7-16-12(17)10-5-4-9(13)6-11(10)14/h4-6,8,15H,3,7H2,1-2H3,(H,16,17)/t8-/m1/s1. The van der Waals surface area contributed by atoms with Gasteiger partial charge in [-0.15, -0.1) is 0 Å². The summed E-state index contributed by atoms with van der Waals surface area (Å²) in [4.78, 5) is 11.7. The Kier molecular flexibility index (Phi) is 5.38. The van der Waals surface area contributed by atoms with Crippen LogP contribution in [0.5, 0.6) is 0 Å². The summed E-state index contributed by atoms with van der Waals surface area (Å²) in [7, 11) is 0. The number of carbonyl (C=O) groups is 1. The number of benzene rings is 1. The lowest BCUT2D eigenvalue weighted by molar-refractivity contribution is 0.0946. The van der Waals surface area contributed by atoms with Crippen molar-refractivity contribution in [2.45, 2.75) is 19.9 Å². The molecule has 0 bridgehead atoms. The predicted molar refractivity (Wildman–Crippen MR) is 66.9 cm³/mol. The lowest BCUT2D eigenvalue weighted by Crippen LogP contribution is -2.39. The van der Waals surface area contributed by atoms with Crippen molar-refractivity contribution in [1.29, 1.82) is 0 Å². The molecule has 0 aliphatic heterocycles. The van der Waals surface area contributed by atoms with Crippen molar-refractivity contribution >= 4 is 17.5 Å². The average molecular weight is 259 g/mol. The molecule has 0 unspecified atom stereocenters. The number of carbonyl (C=O) groups excluding carboxylic acids is 1. The molecule has 5 heteroatoms. The molecule has 0 saturated carbocycles. The molecular weight excluding hydrogens is 243 g/mol. The Morgan fingerprint density at radius 3 is 2.82 bits per heavy atom. The van der Waals surface area contributed by atoms with Crippen molar-refractivity contribution in [3.63, 3.8) is 0 Å². The van der Waals surface area contributed by atoms with Crippen LogP contribution in [0.3, 0.4) is 0 Å². The smallest absolute Gasteiger partial charge is 0.254 e. The topological polar surface area (TPSA) is 41.1 Å². The van der Waals surface area contributed by atoms with E-state index in [0.717, 1.165) is 12.6 Å². The Labute approximate surface area is 105 Å². The highest BCUT2D eigenvalue weighted by atomic mass is 35.5. The molecule has 0 aliphatic rings. The maximum Gasteiger partial charge on any atom is 0.254 e. The molecule has 1 rings (SSSR count). The summed E-state index contributed by atoms with van der Waals surface area (Å²) in [5.41, 5.74) is 0.0121. The van der Waals surface area contributed by atoms with Crippen LogP contribution in [0, 0.1) is 5.82 Å². The summed E-state index contributed by atoms with van der Waals surface area (Å²) in [6.07, 6.45) is 0. The number of hydrogen-bond acceptors (Lipinski definition) is 2. The van der Waals surface area contributed by atoms with E-state index in [0.29, 0.717) is 6.54 Å². The van der Waals surface area contributed by atoms with E-state index in [2.05, 4.69) is 10.6 Å². The molecule has 0 fully saturated rings. The summed E-state index contributed by atoms with van der Waals surface area (Å²) in [6, 6.07) is 4.15. The molecule has 0 spiro atoms. The van der Waals surface area contributed by atoms with Gasteiger partial charge in [0.25, 0.3) is 5.91 Å². The summed E-state index contributed by atoms with van der Waals surface area (Å²) < 4.78 is 13.4. The van der Waals surface area contributed by atoms with Gasteiger partial charge in [-0.1, -0.05) is 18.5 Å². The van der Waals surface area contributed by atoms with E-state index in [1.54, 1.807) is 0 Å². The van der Waals surface area contributed by atoms with Crippen molar-refractivity contribution in [3.05, 3.63) is 34.6 Å². The lowest BCUT2D eigenvalue weighted by Gasteiger charge is -2.13. The fourth-order valence-electron chi connectivity index (χ4n) is 1.44. The molecule has 3 nitrogen and oxygen atoms in total. The Morgan fingerprint density at radius 2 is 2.24 bits per heavy atom. The van der Waals surface area contributed by atoms with Gasteiger partial charge in [-0.2, -0.15) is 0 Å². The van der Waals surface area contributed by atoms with Gasteiger partial charge < -0.3 is 10.6 Å². The Hall–Kier alpha value is -1.13. The third kappa shape index (κ3) is 4.32. The second-order valence-electron chi connectivity index (χ2n) is 3.79. The minimum atomic E-state index is -0.605. The second kappa shape index (κ2) is 6.57. The number of rotatable bonds is 5. The molecule has 0 aromatic heterocycles. The van der Waals surface area contributed by atoms with Crippen LogP contribution in [-0.2, 0) is 0 Å². The van der Waals surface area contributed by atoms with E-state index in [9.17, 15) is 9.18 Å². The zero-order valence-electron chi connectivity index (χ0n) is 9.89. The molecule has 0 saturated heterocycles. The predicted octanol–water partition coefficient (Wildman–Crippen LogP) is 2.21. The second-order valence-corrected chi connectivity index (χ2v) is 4.23. The first-order valence-electron chi connectivity index (χ1n) is 5.51. The minimum Gasteiger partial charge on any atom is -0.350 e. The molecule has 1 atom stereocenters. The summed E-state index contributed by atoms with van der Waals surface area (Å²) >= 11 is 5.61. The van der Waals surface area contributed by atoms with Crippen LogP contribution in [0.4, 0.5) is 4.39 Å². The van der Waals surface area contributed by atoms with Crippen LogP contribution in [0.15, 0.2) is 18.2 Å². The van der Waals surface area contributed by atoms with Crippen molar-refractivity contribution in [1.82, 2.24) is 10.6 Å². The van der Waals surface area contributed by atoms with Crippen molar-refractivity contribution < 1.29 is 9.18 Å². The molecular formula is C12H16ClFN2O. The summed E-state index contributed by atoms with van der Waals surface area (Å²) in [6.45, 7) is 5.21. The highest BCUT2D eigenvalue weighted by Gasteiger charge is 2.12. The maximum absolute atomic E-state index is 13.4. The van der Waals surface area contributed by atoms with Crippen LogP contribution in [0.1, 0.15) is 24.2 Å². The SMILES string of the molecule is CCN[C@H](C)CNC(=O)c1ccc(Cl)cc1F. The maximum atomic E-state index is 13.4. The van der Waals surface area contributed by atoms with Gasteiger partial charge in [0, 0.05) is 17.6 Å². The number of hydrogen-bond donors (Lipinski definition) is 2. The third-order valence-corrected chi connectivity index (χ3v) is 2.53. The zero-order chi connectivity index (χ0) is 12.8. The first-order valence-corrected chi connectivity index (χ1v) is 5.89. The number of likely N-dealkylation sites (N-methyl/N-ethyl adjacent to an activating group) is 1. The van der Waals surface area contributed by atoms with E-state index >= 15 is 0 Å². The Bertz CT molecular complexity index is 398. The van der Waals surface area contributed by atoms with Gasteiger partial charge in [-0.25, -0.2) is 4.39 Å². The summed E-state index contributed by atoms with van der Waals surface area (Å²) in [5, 5.41) is 6.08. The zero-order valence-corrected chi connectivity index (χ0v) is 10.6. The molecule has 0 heterocycles.